The molecular weight excluding hydrogens is 338 g/mol. The fourth-order valence-corrected chi connectivity index (χ4v) is 5.47. The third-order valence-electron chi connectivity index (χ3n) is 5.58. The molecule has 0 N–H and O–H groups in total. The predicted octanol–water partition coefficient (Wildman–Crippen LogP) is 3.31. The average Bonchev–Trinajstić information content (AvgIpc) is 2.68. The van der Waals surface area contributed by atoms with Crippen molar-refractivity contribution in [2.75, 3.05) is 20.2 Å². The maximum Gasteiger partial charge on any atom is 0.308 e. The van der Waals surface area contributed by atoms with E-state index in [9.17, 15) is 13.2 Å². The molecule has 25 heavy (non-hydrogen) atoms. The van der Waals surface area contributed by atoms with Crippen LogP contribution in [0.4, 0.5) is 0 Å². The van der Waals surface area contributed by atoms with Gasteiger partial charge in [0.1, 0.15) is 0 Å². The Balaban J connectivity index is 1.67. The van der Waals surface area contributed by atoms with Crippen LogP contribution >= 0.6 is 0 Å². The largest absolute Gasteiger partial charge is 0.469 e. The molecule has 1 saturated heterocycles. The van der Waals surface area contributed by atoms with E-state index in [0.717, 1.165) is 0 Å². The maximum absolute atomic E-state index is 12.8. The second-order valence-electron chi connectivity index (χ2n) is 7.11. The van der Waals surface area contributed by atoms with E-state index in [-0.39, 0.29) is 11.9 Å². The summed E-state index contributed by atoms with van der Waals surface area (Å²) in [5, 5.41) is 0. The highest BCUT2D eigenvalue weighted by atomic mass is 32.2. The Morgan fingerprint density at radius 2 is 1.60 bits per heavy atom. The lowest BCUT2D eigenvalue weighted by Crippen LogP contribution is -2.40. The summed E-state index contributed by atoms with van der Waals surface area (Å²) >= 11 is 0. The first-order valence-electron chi connectivity index (χ1n) is 9.20. The fourth-order valence-electron chi connectivity index (χ4n) is 4.00. The van der Waals surface area contributed by atoms with Crippen molar-refractivity contribution in [3.8, 4) is 0 Å². The number of hydrogen-bond acceptors (Lipinski definition) is 4. The van der Waals surface area contributed by atoms with Crippen LogP contribution in [0.2, 0.25) is 0 Å². The normalized spacial score (nSPS) is 21.2. The van der Waals surface area contributed by atoms with Crippen molar-refractivity contribution in [2.24, 2.45) is 5.92 Å². The standard InChI is InChI=1S/C19H27NO4S/c1-24-19(21)17-11-13-20(14-12-17)25(22,23)18-9-7-16(8-10-18)15-5-3-2-4-6-15/h7-10,15,17H,2-6,11-14H2,1H3. The molecule has 1 aromatic rings. The summed E-state index contributed by atoms with van der Waals surface area (Å²) in [6.45, 7) is 0.735. The van der Waals surface area contributed by atoms with Gasteiger partial charge in [-0.3, -0.25) is 4.79 Å². The van der Waals surface area contributed by atoms with Crippen molar-refractivity contribution in [2.45, 2.75) is 55.8 Å². The lowest BCUT2D eigenvalue weighted by Gasteiger charge is -2.30. The van der Waals surface area contributed by atoms with E-state index in [1.54, 1.807) is 12.1 Å². The number of nitrogens with zero attached hydrogens (tertiary/aromatic N) is 1. The van der Waals surface area contributed by atoms with Crippen molar-refractivity contribution < 1.29 is 17.9 Å². The highest BCUT2D eigenvalue weighted by Gasteiger charge is 2.32. The van der Waals surface area contributed by atoms with Gasteiger partial charge in [-0.2, -0.15) is 4.31 Å². The summed E-state index contributed by atoms with van der Waals surface area (Å²) in [5.41, 5.74) is 1.25. The van der Waals surface area contributed by atoms with Crippen molar-refractivity contribution in [1.29, 1.82) is 0 Å². The van der Waals surface area contributed by atoms with Crippen molar-refractivity contribution >= 4 is 16.0 Å². The van der Waals surface area contributed by atoms with Crippen molar-refractivity contribution in [1.82, 2.24) is 4.31 Å². The number of rotatable bonds is 4. The second kappa shape index (κ2) is 7.87. The van der Waals surface area contributed by atoms with Crippen LogP contribution in [0.25, 0.3) is 0 Å². The molecule has 1 saturated carbocycles. The van der Waals surface area contributed by atoms with Gasteiger partial charge in [0.25, 0.3) is 0 Å². The van der Waals surface area contributed by atoms with E-state index in [1.165, 1.54) is 49.1 Å². The Kier molecular flexibility index (Phi) is 5.79. The summed E-state index contributed by atoms with van der Waals surface area (Å²) in [4.78, 5) is 11.9. The molecule has 1 aliphatic carbocycles. The van der Waals surface area contributed by atoms with Gasteiger partial charge in [-0.25, -0.2) is 8.42 Å². The van der Waals surface area contributed by atoms with Gasteiger partial charge in [-0.1, -0.05) is 31.4 Å². The van der Waals surface area contributed by atoms with E-state index < -0.39 is 10.0 Å². The second-order valence-corrected chi connectivity index (χ2v) is 9.04. The van der Waals surface area contributed by atoms with Gasteiger partial charge in [-0.05, 0) is 49.3 Å². The SMILES string of the molecule is COC(=O)C1CCN(S(=O)(=O)c2ccc(C3CCCCC3)cc2)CC1. The summed E-state index contributed by atoms with van der Waals surface area (Å²) in [7, 11) is -2.11. The summed E-state index contributed by atoms with van der Waals surface area (Å²) in [6.07, 6.45) is 7.28. The zero-order chi connectivity index (χ0) is 17.9. The molecule has 0 spiro atoms. The highest BCUT2D eigenvalue weighted by Crippen LogP contribution is 2.33. The smallest absolute Gasteiger partial charge is 0.308 e. The third kappa shape index (κ3) is 4.06. The Labute approximate surface area is 150 Å². The Morgan fingerprint density at radius 3 is 2.16 bits per heavy atom. The van der Waals surface area contributed by atoms with Crippen LogP contribution in [0.15, 0.2) is 29.2 Å². The van der Waals surface area contributed by atoms with Crippen molar-refractivity contribution in [3.05, 3.63) is 29.8 Å². The molecule has 1 aromatic carbocycles. The van der Waals surface area contributed by atoms with Gasteiger partial charge in [0.05, 0.1) is 17.9 Å². The zero-order valence-electron chi connectivity index (χ0n) is 14.8. The quantitative estimate of drug-likeness (QED) is 0.768. The number of esters is 1. The van der Waals surface area contributed by atoms with Gasteiger partial charge < -0.3 is 4.74 Å². The Bertz CT molecular complexity index is 685. The third-order valence-corrected chi connectivity index (χ3v) is 7.50. The molecule has 1 aliphatic heterocycles. The molecule has 0 radical (unpaired) electrons. The lowest BCUT2D eigenvalue weighted by atomic mass is 9.84. The van der Waals surface area contributed by atoms with Gasteiger partial charge in [0.15, 0.2) is 0 Å². The van der Waals surface area contributed by atoms with Crippen LogP contribution in [0, 0.1) is 5.92 Å². The first-order chi connectivity index (χ1) is 12.0. The maximum atomic E-state index is 12.8. The van der Waals surface area contributed by atoms with Gasteiger partial charge in [0.2, 0.25) is 10.0 Å². The summed E-state index contributed by atoms with van der Waals surface area (Å²) < 4.78 is 31.9. The molecule has 0 amide bonds. The van der Waals surface area contributed by atoms with E-state index in [4.69, 9.17) is 4.74 Å². The molecule has 2 fully saturated rings. The molecule has 1 heterocycles. The minimum atomic E-state index is -3.48. The molecule has 0 atom stereocenters. The Hall–Kier alpha value is -1.40. The first-order valence-corrected chi connectivity index (χ1v) is 10.6. The predicted molar refractivity (Wildman–Crippen MR) is 95.8 cm³/mol. The molecule has 0 bridgehead atoms. The van der Waals surface area contributed by atoms with E-state index in [1.807, 2.05) is 12.1 Å². The molecule has 2 aliphatic rings. The number of sulfonamides is 1. The van der Waals surface area contributed by atoms with Crippen LogP contribution in [0.3, 0.4) is 0 Å². The molecule has 6 heteroatoms. The van der Waals surface area contributed by atoms with E-state index in [2.05, 4.69) is 0 Å². The van der Waals surface area contributed by atoms with Crippen molar-refractivity contribution in [3.63, 3.8) is 0 Å². The topological polar surface area (TPSA) is 63.7 Å². The van der Waals surface area contributed by atoms with Crippen LogP contribution in [-0.2, 0) is 19.6 Å². The van der Waals surface area contributed by atoms with Gasteiger partial charge in [-0.15, -0.1) is 0 Å². The number of ether oxygens (including phenoxy) is 1. The van der Waals surface area contributed by atoms with Crippen LogP contribution in [0.1, 0.15) is 56.4 Å². The monoisotopic (exact) mass is 365 g/mol. The van der Waals surface area contributed by atoms with Gasteiger partial charge in [0, 0.05) is 13.1 Å². The number of benzene rings is 1. The molecule has 3 rings (SSSR count). The minimum Gasteiger partial charge on any atom is -0.469 e. The van der Waals surface area contributed by atoms with Crippen LogP contribution in [0.5, 0.6) is 0 Å². The molecular formula is C19H27NO4S. The van der Waals surface area contributed by atoms with Crippen LogP contribution in [-0.4, -0.2) is 38.9 Å². The van der Waals surface area contributed by atoms with Gasteiger partial charge >= 0.3 is 5.97 Å². The fraction of sp³-hybridized carbons (Fsp3) is 0.632. The number of methoxy groups -OCH3 is 1. The minimum absolute atomic E-state index is 0.190. The molecule has 0 aromatic heterocycles. The number of piperidine rings is 1. The molecule has 0 unspecified atom stereocenters. The Morgan fingerprint density at radius 1 is 1.00 bits per heavy atom. The summed E-state index contributed by atoms with van der Waals surface area (Å²) in [5.74, 6) is 0.139. The van der Waals surface area contributed by atoms with E-state index in [0.29, 0.717) is 36.7 Å². The molecule has 138 valence electrons. The summed E-state index contributed by atoms with van der Waals surface area (Å²) in [6, 6.07) is 7.44. The van der Waals surface area contributed by atoms with Crippen LogP contribution < -0.4 is 0 Å². The number of carbonyl (C=O) groups excluding carboxylic acids is 1. The highest BCUT2D eigenvalue weighted by molar-refractivity contribution is 7.89. The van der Waals surface area contributed by atoms with E-state index >= 15 is 0 Å². The number of carbonyl (C=O) groups is 1. The first kappa shape index (κ1) is 18.4. The molecule has 5 nitrogen and oxygen atoms in total. The lowest BCUT2D eigenvalue weighted by molar-refractivity contribution is -0.146. The zero-order valence-corrected chi connectivity index (χ0v) is 15.6. The number of hydrogen-bond donors (Lipinski definition) is 0. The average molecular weight is 365 g/mol.